The predicted molar refractivity (Wildman–Crippen MR) is 77.8 cm³/mol. The van der Waals surface area contributed by atoms with Gasteiger partial charge >= 0.3 is 0 Å². The molecule has 0 unspecified atom stereocenters. The summed E-state index contributed by atoms with van der Waals surface area (Å²) in [7, 11) is 0. The molecule has 0 aliphatic rings. The lowest BCUT2D eigenvalue weighted by Gasteiger charge is -2.09. The molecule has 0 saturated carbocycles. The zero-order valence-corrected chi connectivity index (χ0v) is 12.0. The Morgan fingerprint density at radius 3 is 2.33 bits per heavy atom. The number of nitrogens with two attached hydrogens (primary N) is 1. The molecule has 2 N–H and O–H groups in total. The van der Waals surface area contributed by atoms with E-state index in [1.807, 2.05) is 42.5 Å². The molecule has 0 aliphatic carbocycles. The monoisotopic (exact) mass is 325 g/mol. The van der Waals surface area contributed by atoms with Gasteiger partial charge in [-0.25, -0.2) is 0 Å². The molecule has 0 saturated heterocycles. The van der Waals surface area contributed by atoms with Crippen molar-refractivity contribution in [2.75, 3.05) is 0 Å². The van der Waals surface area contributed by atoms with Crippen LogP contribution < -0.4 is 10.5 Å². The van der Waals surface area contributed by atoms with Crippen molar-refractivity contribution >= 4 is 27.5 Å². The standard InChI is InChI=1S/C14H13BrClNO/c15-13-7-11(8-17)3-6-14(13)18-9-10-1-4-12(16)5-2-10/h1-7H,8-9,17H2. The summed E-state index contributed by atoms with van der Waals surface area (Å²) in [5, 5.41) is 0.729. The molecule has 94 valence electrons. The maximum atomic E-state index is 5.83. The molecule has 4 heteroatoms. The first-order chi connectivity index (χ1) is 8.69. The average molecular weight is 327 g/mol. The number of hydrogen-bond acceptors (Lipinski definition) is 2. The maximum Gasteiger partial charge on any atom is 0.134 e. The first kappa shape index (κ1) is 13.4. The van der Waals surface area contributed by atoms with Crippen LogP contribution in [0.4, 0.5) is 0 Å². The van der Waals surface area contributed by atoms with E-state index in [4.69, 9.17) is 22.1 Å². The van der Waals surface area contributed by atoms with Crippen LogP contribution in [0, 0.1) is 0 Å². The fourth-order valence-electron chi connectivity index (χ4n) is 1.53. The van der Waals surface area contributed by atoms with Gasteiger partial charge in [-0.05, 0) is 51.3 Å². The molecule has 0 atom stereocenters. The van der Waals surface area contributed by atoms with Crippen molar-refractivity contribution in [2.45, 2.75) is 13.2 Å². The van der Waals surface area contributed by atoms with Crippen molar-refractivity contribution in [2.24, 2.45) is 5.73 Å². The second-order valence-corrected chi connectivity index (χ2v) is 5.17. The van der Waals surface area contributed by atoms with Gasteiger partial charge in [0.1, 0.15) is 12.4 Å². The summed E-state index contributed by atoms with van der Waals surface area (Å²) in [5.41, 5.74) is 7.72. The minimum absolute atomic E-state index is 0.512. The van der Waals surface area contributed by atoms with Crippen molar-refractivity contribution in [3.8, 4) is 5.75 Å². The second kappa shape index (κ2) is 6.23. The summed E-state index contributed by atoms with van der Waals surface area (Å²) in [6.45, 7) is 1.04. The SMILES string of the molecule is NCc1ccc(OCc2ccc(Cl)cc2)c(Br)c1. The van der Waals surface area contributed by atoms with E-state index in [0.717, 1.165) is 26.4 Å². The van der Waals surface area contributed by atoms with Gasteiger partial charge in [0.15, 0.2) is 0 Å². The van der Waals surface area contributed by atoms with E-state index in [0.29, 0.717) is 13.2 Å². The summed E-state index contributed by atoms with van der Waals surface area (Å²) < 4.78 is 6.65. The molecule has 2 rings (SSSR count). The first-order valence-corrected chi connectivity index (χ1v) is 6.72. The number of hydrogen-bond donors (Lipinski definition) is 1. The van der Waals surface area contributed by atoms with Crippen LogP contribution in [0.3, 0.4) is 0 Å². The zero-order valence-electron chi connectivity index (χ0n) is 9.70. The maximum absolute atomic E-state index is 5.83. The molecule has 2 aromatic carbocycles. The Bertz CT molecular complexity index is 528. The van der Waals surface area contributed by atoms with Crippen molar-refractivity contribution in [3.63, 3.8) is 0 Å². The molecule has 0 spiro atoms. The molecule has 2 aromatic rings. The Morgan fingerprint density at radius 2 is 1.72 bits per heavy atom. The molecule has 0 bridgehead atoms. The summed E-state index contributed by atoms with van der Waals surface area (Å²) in [5.74, 6) is 0.808. The van der Waals surface area contributed by atoms with Crippen molar-refractivity contribution in [3.05, 3.63) is 63.1 Å². The van der Waals surface area contributed by atoms with Crippen molar-refractivity contribution in [1.82, 2.24) is 0 Å². The lowest BCUT2D eigenvalue weighted by atomic mass is 10.2. The summed E-state index contributed by atoms with van der Waals surface area (Å²) in [6.07, 6.45) is 0. The van der Waals surface area contributed by atoms with E-state index in [-0.39, 0.29) is 0 Å². The van der Waals surface area contributed by atoms with Crippen LogP contribution >= 0.6 is 27.5 Å². The summed E-state index contributed by atoms with van der Waals surface area (Å²) >= 11 is 9.30. The summed E-state index contributed by atoms with van der Waals surface area (Å²) in [4.78, 5) is 0. The normalized spacial score (nSPS) is 10.4. The van der Waals surface area contributed by atoms with Gasteiger partial charge in [0, 0.05) is 11.6 Å². The van der Waals surface area contributed by atoms with Gasteiger partial charge in [0.25, 0.3) is 0 Å². The van der Waals surface area contributed by atoms with Crippen LogP contribution in [0.1, 0.15) is 11.1 Å². The van der Waals surface area contributed by atoms with Gasteiger partial charge < -0.3 is 10.5 Å². The molecule has 0 fully saturated rings. The van der Waals surface area contributed by atoms with Crippen LogP contribution in [0.15, 0.2) is 46.9 Å². The topological polar surface area (TPSA) is 35.2 Å². The largest absolute Gasteiger partial charge is 0.488 e. The quantitative estimate of drug-likeness (QED) is 0.916. The van der Waals surface area contributed by atoms with Gasteiger partial charge in [0.05, 0.1) is 4.47 Å². The molecule has 2 nitrogen and oxygen atoms in total. The third-order valence-electron chi connectivity index (χ3n) is 2.54. The molecule has 0 heterocycles. The third kappa shape index (κ3) is 3.48. The molecule has 0 radical (unpaired) electrons. The number of ether oxygens (including phenoxy) is 1. The van der Waals surface area contributed by atoms with Crippen LogP contribution in [0.5, 0.6) is 5.75 Å². The van der Waals surface area contributed by atoms with E-state index in [1.54, 1.807) is 0 Å². The Labute approximate surface area is 120 Å². The molecular weight excluding hydrogens is 314 g/mol. The van der Waals surface area contributed by atoms with Crippen LogP contribution in [-0.2, 0) is 13.2 Å². The smallest absolute Gasteiger partial charge is 0.134 e. The average Bonchev–Trinajstić information content (AvgIpc) is 2.39. The Hall–Kier alpha value is -1.03. The Kier molecular flexibility index (Phi) is 4.64. The van der Waals surface area contributed by atoms with E-state index in [1.165, 1.54) is 0 Å². The van der Waals surface area contributed by atoms with E-state index >= 15 is 0 Å². The van der Waals surface area contributed by atoms with Gasteiger partial charge in [-0.2, -0.15) is 0 Å². The zero-order chi connectivity index (χ0) is 13.0. The Morgan fingerprint density at radius 1 is 1.06 bits per heavy atom. The summed E-state index contributed by atoms with van der Waals surface area (Å²) in [6, 6.07) is 13.5. The predicted octanol–water partition coefficient (Wildman–Crippen LogP) is 4.14. The van der Waals surface area contributed by atoms with Crippen molar-refractivity contribution in [1.29, 1.82) is 0 Å². The van der Waals surface area contributed by atoms with Crippen LogP contribution in [0.2, 0.25) is 5.02 Å². The minimum atomic E-state index is 0.512. The Balaban J connectivity index is 2.04. The molecular formula is C14H13BrClNO. The fraction of sp³-hybridized carbons (Fsp3) is 0.143. The highest BCUT2D eigenvalue weighted by Crippen LogP contribution is 2.26. The highest BCUT2D eigenvalue weighted by atomic mass is 79.9. The third-order valence-corrected chi connectivity index (χ3v) is 3.41. The number of rotatable bonds is 4. The number of halogens is 2. The molecule has 18 heavy (non-hydrogen) atoms. The lowest BCUT2D eigenvalue weighted by molar-refractivity contribution is 0.304. The van der Waals surface area contributed by atoms with Gasteiger partial charge in [-0.15, -0.1) is 0 Å². The van der Waals surface area contributed by atoms with E-state index in [9.17, 15) is 0 Å². The van der Waals surface area contributed by atoms with Gasteiger partial charge in [-0.3, -0.25) is 0 Å². The molecule has 0 aromatic heterocycles. The molecule has 0 amide bonds. The second-order valence-electron chi connectivity index (χ2n) is 3.88. The van der Waals surface area contributed by atoms with Crippen molar-refractivity contribution < 1.29 is 4.74 Å². The fourth-order valence-corrected chi connectivity index (χ4v) is 2.20. The molecule has 0 aliphatic heterocycles. The van der Waals surface area contributed by atoms with Gasteiger partial charge in [-0.1, -0.05) is 29.8 Å². The number of benzene rings is 2. The van der Waals surface area contributed by atoms with Crippen LogP contribution in [0.25, 0.3) is 0 Å². The first-order valence-electron chi connectivity index (χ1n) is 5.55. The van der Waals surface area contributed by atoms with Gasteiger partial charge in [0.2, 0.25) is 0 Å². The highest BCUT2D eigenvalue weighted by molar-refractivity contribution is 9.10. The van der Waals surface area contributed by atoms with E-state index < -0.39 is 0 Å². The van der Waals surface area contributed by atoms with E-state index in [2.05, 4.69) is 15.9 Å². The minimum Gasteiger partial charge on any atom is -0.488 e. The highest BCUT2D eigenvalue weighted by Gasteiger charge is 2.02. The lowest BCUT2D eigenvalue weighted by Crippen LogP contribution is -1.99. The van der Waals surface area contributed by atoms with Crippen LogP contribution in [-0.4, -0.2) is 0 Å².